The van der Waals surface area contributed by atoms with Crippen molar-refractivity contribution in [2.45, 2.75) is 32.6 Å². The van der Waals surface area contributed by atoms with Crippen molar-refractivity contribution in [3.05, 3.63) is 57.6 Å². The molecule has 1 saturated heterocycles. The molecule has 5 nitrogen and oxygen atoms in total. The number of carbonyl (C=O) groups excluding carboxylic acids is 2. The Kier molecular flexibility index (Phi) is 7.40. The SMILES string of the molecule is CCCNC(=O)c1cc(NC(=O)c2ccc(Cl)cc2Cl)ccc1N1CCCCC1. The molecule has 3 rings (SSSR count). The fourth-order valence-corrected chi connectivity index (χ4v) is 3.91. The maximum absolute atomic E-state index is 12.8. The highest BCUT2D eigenvalue weighted by molar-refractivity contribution is 6.37. The summed E-state index contributed by atoms with van der Waals surface area (Å²) >= 11 is 12.0. The molecule has 29 heavy (non-hydrogen) atoms. The monoisotopic (exact) mass is 433 g/mol. The molecule has 0 unspecified atom stereocenters. The Morgan fingerprint density at radius 2 is 1.72 bits per heavy atom. The van der Waals surface area contributed by atoms with Crippen molar-refractivity contribution in [3.63, 3.8) is 0 Å². The highest BCUT2D eigenvalue weighted by Crippen LogP contribution is 2.28. The third kappa shape index (κ3) is 5.43. The number of nitrogens with zero attached hydrogens (tertiary/aromatic N) is 1. The Bertz CT molecular complexity index is 896. The zero-order valence-electron chi connectivity index (χ0n) is 16.4. The van der Waals surface area contributed by atoms with Crippen molar-refractivity contribution < 1.29 is 9.59 Å². The van der Waals surface area contributed by atoms with Crippen LogP contribution in [0.1, 0.15) is 53.3 Å². The Morgan fingerprint density at radius 3 is 2.41 bits per heavy atom. The summed E-state index contributed by atoms with van der Waals surface area (Å²) in [6.07, 6.45) is 4.30. The van der Waals surface area contributed by atoms with Gasteiger partial charge in [-0.25, -0.2) is 0 Å². The molecule has 0 spiro atoms. The molecule has 0 aromatic heterocycles. The number of rotatable bonds is 6. The van der Waals surface area contributed by atoms with Crippen LogP contribution in [0.4, 0.5) is 11.4 Å². The molecule has 1 heterocycles. The third-order valence-electron chi connectivity index (χ3n) is 4.91. The van der Waals surface area contributed by atoms with Gasteiger partial charge in [0.25, 0.3) is 11.8 Å². The summed E-state index contributed by atoms with van der Waals surface area (Å²) in [5, 5.41) is 6.52. The Hall–Kier alpha value is -2.24. The number of anilines is 2. The molecule has 0 saturated carbocycles. The second-order valence-corrected chi connectivity index (χ2v) is 7.96. The van der Waals surface area contributed by atoms with E-state index in [4.69, 9.17) is 23.2 Å². The first-order chi connectivity index (χ1) is 14.0. The molecular formula is C22H25Cl2N3O2. The maximum Gasteiger partial charge on any atom is 0.257 e. The number of hydrogen-bond acceptors (Lipinski definition) is 3. The first kappa shape index (κ1) is 21.5. The van der Waals surface area contributed by atoms with Crippen LogP contribution < -0.4 is 15.5 Å². The van der Waals surface area contributed by atoms with Gasteiger partial charge in [0, 0.05) is 36.0 Å². The molecule has 1 aliphatic heterocycles. The zero-order chi connectivity index (χ0) is 20.8. The van der Waals surface area contributed by atoms with E-state index in [0.717, 1.165) is 38.0 Å². The minimum atomic E-state index is -0.350. The first-order valence-electron chi connectivity index (χ1n) is 9.93. The van der Waals surface area contributed by atoms with Gasteiger partial charge < -0.3 is 15.5 Å². The van der Waals surface area contributed by atoms with E-state index in [1.54, 1.807) is 18.2 Å². The van der Waals surface area contributed by atoms with Crippen molar-refractivity contribution in [1.29, 1.82) is 0 Å². The molecule has 2 N–H and O–H groups in total. The van der Waals surface area contributed by atoms with E-state index in [0.29, 0.717) is 28.4 Å². The summed E-state index contributed by atoms with van der Waals surface area (Å²) in [7, 11) is 0. The predicted octanol–water partition coefficient (Wildman–Crippen LogP) is 5.38. The number of halogens is 2. The van der Waals surface area contributed by atoms with Crippen LogP contribution in [0.3, 0.4) is 0 Å². The molecule has 0 aliphatic carbocycles. The summed E-state index contributed by atoms with van der Waals surface area (Å²) in [5.74, 6) is -0.481. The smallest absolute Gasteiger partial charge is 0.257 e. The zero-order valence-corrected chi connectivity index (χ0v) is 17.9. The van der Waals surface area contributed by atoms with Gasteiger partial charge in [-0.2, -0.15) is 0 Å². The second-order valence-electron chi connectivity index (χ2n) is 7.11. The topological polar surface area (TPSA) is 61.4 Å². The van der Waals surface area contributed by atoms with E-state index in [1.165, 1.54) is 12.5 Å². The normalized spacial score (nSPS) is 13.8. The number of benzene rings is 2. The average molecular weight is 434 g/mol. The van der Waals surface area contributed by atoms with Gasteiger partial charge in [-0.05, 0) is 62.1 Å². The molecule has 0 bridgehead atoms. The van der Waals surface area contributed by atoms with Crippen LogP contribution in [-0.4, -0.2) is 31.4 Å². The lowest BCUT2D eigenvalue weighted by Crippen LogP contribution is -2.33. The standard InChI is InChI=1S/C22H25Cl2N3O2/c1-2-10-25-21(28)18-14-16(7-9-20(18)27-11-4-3-5-12-27)26-22(29)17-8-6-15(23)13-19(17)24/h6-9,13-14H,2-5,10-12H2,1H3,(H,25,28)(H,26,29). The lowest BCUT2D eigenvalue weighted by atomic mass is 10.1. The summed E-state index contributed by atoms with van der Waals surface area (Å²) in [6, 6.07) is 10.2. The molecule has 0 radical (unpaired) electrons. The number of piperidine rings is 1. The molecule has 1 fully saturated rings. The molecule has 2 amide bonds. The summed E-state index contributed by atoms with van der Waals surface area (Å²) < 4.78 is 0. The second kappa shape index (κ2) is 9.99. The highest BCUT2D eigenvalue weighted by Gasteiger charge is 2.20. The maximum atomic E-state index is 12.8. The minimum Gasteiger partial charge on any atom is -0.371 e. The average Bonchev–Trinajstić information content (AvgIpc) is 2.72. The summed E-state index contributed by atoms with van der Waals surface area (Å²) in [5.41, 5.74) is 2.35. The molecule has 154 valence electrons. The van der Waals surface area contributed by atoms with E-state index < -0.39 is 0 Å². The van der Waals surface area contributed by atoms with E-state index >= 15 is 0 Å². The van der Waals surface area contributed by atoms with Gasteiger partial charge in [-0.1, -0.05) is 30.1 Å². The molecule has 7 heteroatoms. The molecule has 1 aliphatic rings. The van der Waals surface area contributed by atoms with Crippen LogP contribution in [0.2, 0.25) is 10.0 Å². The molecular weight excluding hydrogens is 409 g/mol. The van der Waals surface area contributed by atoms with E-state index in [1.807, 2.05) is 19.1 Å². The van der Waals surface area contributed by atoms with E-state index in [2.05, 4.69) is 15.5 Å². The van der Waals surface area contributed by atoms with Gasteiger partial charge in [-0.15, -0.1) is 0 Å². The van der Waals surface area contributed by atoms with Crippen molar-refractivity contribution in [2.24, 2.45) is 0 Å². The van der Waals surface area contributed by atoms with Gasteiger partial charge in [0.1, 0.15) is 0 Å². The fraction of sp³-hybridized carbons (Fsp3) is 0.364. The Labute approximate surface area is 181 Å². The van der Waals surface area contributed by atoms with Crippen molar-refractivity contribution in [1.82, 2.24) is 5.32 Å². The van der Waals surface area contributed by atoms with Gasteiger partial charge >= 0.3 is 0 Å². The van der Waals surface area contributed by atoms with Crippen molar-refractivity contribution in [2.75, 3.05) is 29.9 Å². The molecule has 0 atom stereocenters. The number of hydrogen-bond donors (Lipinski definition) is 2. The highest BCUT2D eigenvalue weighted by atomic mass is 35.5. The van der Waals surface area contributed by atoms with Crippen LogP contribution in [0.25, 0.3) is 0 Å². The van der Waals surface area contributed by atoms with E-state index in [-0.39, 0.29) is 16.8 Å². The lowest BCUT2D eigenvalue weighted by Gasteiger charge is -2.30. The number of carbonyl (C=O) groups is 2. The summed E-state index contributed by atoms with van der Waals surface area (Å²) in [4.78, 5) is 27.7. The van der Waals surface area contributed by atoms with Gasteiger partial charge in [0.15, 0.2) is 0 Å². The number of nitrogens with one attached hydrogen (secondary N) is 2. The Balaban J connectivity index is 1.87. The third-order valence-corrected chi connectivity index (χ3v) is 5.45. The van der Waals surface area contributed by atoms with Crippen LogP contribution >= 0.6 is 23.2 Å². The largest absolute Gasteiger partial charge is 0.371 e. The first-order valence-corrected chi connectivity index (χ1v) is 10.7. The quantitative estimate of drug-likeness (QED) is 0.642. The predicted molar refractivity (Wildman–Crippen MR) is 120 cm³/mol. The van der Waals surface area contributed by atoms with Gasteiger partial charge in [0.2, 0.25) is 0 Å². The van der Waals surface area contributed by atoms with Crippen LogP contribution in [0.15, 0.2) is 36.4 Å². The van der Waals surface area contributed by atoms with Crippen molar-refractivity contribution in [3.8, 4) is 0 Å². The molecule has 2 aromatic carbocycles. The van der Waals surface area contributed by atoms with Gasteiger partial charge in [-0.3, -0.25) is 9.59 Å². The Morgan fingerprint density at radius 1 is 0.966 bits per heavy atom. The van der Waals surface area contributed by atoms with Gasteiger partial charge in [0.05, 0.1) is 16.1 Å². The minimum absolute atomic E-state index is 0.131. The van der Waals surface area contributed by atoms with Crippen LogP contribution in [-0.2, 0) is 0 Å². The van der Waals surface area contributed by atoms with Crippen LogP contribution in [0, 0.1) is 0 Å². The van der Waals surface area contributed by atoms with Crippen molar-refractivity contribution >= 4 is 46.4 Å². The number of amides is 2. The van der Waals surface area contributed by atoms with E-state index in [9.17, 15) is 9.59 Å². The lowest BCUT2D eigenvalue weighted by molar-refractivity contribution is 0.0952. The summed E-state index contributed by atoms with van der Waals surface area (Å²) in [6.45, 7) is 4.48. The van der Waals surface area contributed by atoms with Crippen LogP contribution in [0.5, 0.6) is 0 Å². The molecule has 2 aromatic rings. The fourth-order valence-electron chi connectivity index (χ4n) is 3.41.